The van der Waals surface area contributed by atoms with Gasteiger partial charge in [-0.05, 0) is 41.8 Å². The SMILES string of the molecule is COc1cccc(C2(c3cccc(OC)c3)CC2C(=O)N2CCOCC2)c1. The number of carbonyl (C=O) groups excluding carboxylic acids is 1. The quantitative estimate of drug-likeness (QED) is 0.815. The number of methoxy groups -OCH3 is 2. The Morgan fingerprint density at radius 2 is 1.56 bits per heavy atom. The number of hydrogen-bond acceptors (Lipinski definition) is 4. The van der Waals surface area contributed by atoms with E-state index < -0.39 is 0 Å². The first-order valence-corrected chi connectivity index (χ1v) is 9.34. The van der Waals surface area contributed by atoms with E-state index in [9.17, 15) is 4.79 Å². The molecule has 0 bridgehead atoms. The topological polar surface area (TPSA) is 48.0 Å². The van der Waals surface area contributed by atoms with Crippen molar-refractivity contribution in [1.82, 2.24) is 4.90 Å². The summed E-state index contributed by atoms with van der Waals surface area (Å²) in [5, 5.41) is 0. The Bertz CT molecular complexity index is 781. The minimum atomic E-state index is -0.335. The molecule has 1 saturated carbocycles. The van der Waals surface area contributed by atoms with Crippen molar-refractivity contribution in [3.8, 4) is 11.5 Å². The van der Waals surface area contributed by atoms with Gasteiger partial charge in [-0.2, -0.15) is 0 Å². The molecule has 1 unspecified atom stereocenters. The molecule has 4 rings (SSSR count). The second-order valence-corrected chi connectivity index (χ2v) is 7.13. The zero-order valence-corrected chi connectivity index (χ0v) is 15.8. The van der Waals surface area contributed by atoms with Gasteiger partial charge in [-0.3, -0.25) is 4.79 Å². The first-order chi connectivity index (χ1) is 13.2. The summed E-state index contributed by atoms with van der Waals surface area (Å²) in [7, 11) is 3.33. The van der Waals surface area contributed by atoms with E-state index in [1.54, 1.807) is 14.2 Å². The third kappa shape index (κ3) is 3.16. The average molecular weight is 367 g/mol. The molecule has 1 saturated heterocycles. The van der Waals surface area contributed by atoms with Crippen LogP contribution in [0.25, 0.3) is 0 Å². The van der Waals surface area contributed by atoms with E-state index >= 15 is 0 Å². The molecular weight excluding hydrogens is 342 g/mol. The zero-order valence-electron chi connectivity index (χ0n) is 15.8. The normalized spacial score (nSPS) is 20.8. The lowest BCUT2D eigenvalue weighted by molar-refractivity contribution is -0.137. The fourth-order valence-corrected chi connectivity index (χ4v) is 4.17. The maximum atomic E-state index is 13.2. The van der Waals surface area contributed by atoms with Crippen molar-refractivity contribution in [2.45, 2.75) is 11.8 Å². The predicted octanol–water partition coefficient (Wildman–Crippen LogP) is 2.87. The number of hydrogen-bond donors (Lipinski definition) is 0. The van der Waals surface area contributed by atoms with Crippen molar-refractivity contribution in [3.63, 3.8) is 0 Å². The highest BCUT2D eigenvalue weighted by atomic mass is 16.5. The van der Waals surface area contributed by atoms with E-state index in [1.807, 2.05) is 41.3 Å². The van der Waals surface area contributed by atoms with Crippen molar-refractivity contribution in [2.24, 2.45) is 5.92 Å². The Hall–Kier alpha value is -2.53. The Kier molecular flexibility index (Phi) is 4.79. The number of ether oxygens (including phenoxy) is 3. The minimum Gasteiger partial charge on any atom is -0.497 e. The molecule has 5 nitrogen and oxygen atoms in total. The summed E-state index contributed by atoms with van der Waals surface area (Å²) in [5.41, 5.74) is 1.89. The Balaban J connectivity index is 1.73. The zero-order chi connectivity index (χ0) is 18.9. The van der Waals surface area contributed by atoms with Crippen molar-refractivity contribution < 1.29 is 19.0 Å². The largest absolute Gasteiger partial charge is 0.497 e. The lowest BCUT2D eigenvalue weighted by Crippen LogP contribution is -2.42. The molecule has 1 heterocycles. The van der Waals surface area contributed by atoms with Crippen LogP contribution in [0.5, 0.6) is 11.5 Å². The van der Waals surface area contributed by atoms with E-state index in [4.69, 9.17) is 14.2 Å². The van der Waals surface area contributed by atoms with Gasteiger partial charge < -0.3 is 19.1 Å². The number of rotatable bonds is 5. The summed E-state index contributed by atoms with van der Waals surface area (Å²) in [4.78, 5) is 15.2. The summed E-state index contributed by atoms with van der Waals surface area (Å²) in [5.74, 6) is 1.75. The third-order valence-corrected chi connectivity index (χ3v) is 5.75. The number of benzene rings is 2. The van der Waals surface area contributed by atoms with Crippen LogP contribution in [-0.2, 0) is 14.9 Å². The summed E-state index contributed by atoms with van der Waals surface area (Å²) >= 11 is 0. The second-order valence-electron chi connectivity index (χ2n) is 7.13. The van der Waals surface area contributed by atoms with Gasteiger partial charge in [0.05, 0.1) is 33.4 Å². The molecule has 2 aromatic carbocycles. The number of morpholine rings is 1. The standard InChI is InChI=1S/C22H25NO4/c1-25-18-7-3-5-16(13-18)22(17-6-4-8-19(14-17)26-2)15-20(22)21(24)23-9-11-27-12-10-23/h3-8,13-14,20H,9-12,15H2,1-2H3. The van der Waals surface area contributed by atoms with Crippen molar-refractivity contribution >= 4 is 5.91 Å². The molecule has 0 aromatic heterocycles. The lowest BCUT2D eigenvalue weighted by atomic mass is 9.85. The van der Waals surface area contributed by atoms with Gasteiger partial charge in [0.25, 0.3) is 0 Å². The van der Waals surface area contributed by atoms with Crippen molar-refractivity contribution in [1.29, 1.82) is 0 Å². The van der Waals surface area contributed by atoms with Crippen LogP contribution in [0.15, 0.2) is 48.5 Å². The molecular formula is C22H25NO4. The van der Waals surface area contributed by atoms with Crippen LogP contribution < -0.4 is 9.47 Å². The first-order valence-electron chi connectivity index (χ1n) is 9.34. The van der Waals surface area contributed by atoms with Crippen LogP contribution in [0, 0.1) is 5.92 Å². The molecule has 0 radical (unpaired) electrons. The summed E-state index contributed by atoms with van der Waals surface area (Å²) in [6.07, 6.45) is 0.795. The van der Waals surface area contributed by atoms with E-state index in [1.165, 1.54) is 0 Å². The van der Waals surface area contributed by atoms with Gasteiger partial charge in [-0.1, -0.05) is 24.3 Å². The van der Waals surface area contributed by atoms with Crippen LogP contribution in [0.2, 0.25) is 0 Å². The highest BCUT2D eigenvalue weighted by Gasteiger charge is 2.61. The number of carbonyl (C=O) groups is 1. The summed E-state index contributed by atoms with van der Waals surface area (Å²) < 4.78 is 16.3. The van der Waals surface area contributed by atoms with Gasteiger partial charge in [0, 0.05) is 18.5 Å². The molecule has 1 aliphatic heterocycles. The van der Waals surface area contributed by atoms with E-state index in [-0.39, 0.29) is 17.2 Å². The molecule has 142 valence electrons. The molecule has 2 aromatic rings. The molecule has 1 amide bonds. The molecule has 2 aliphatic rings. The average Bonchev–Trinajstić information content (AvgIpc) is 3.51. The maximum absolute atomic E-state index is 13.2. The minimum absolute atomic E-state index is 0.0742. The highest BCUT2D eigenvalue weighted by Crippen LogP contribution is 2.60. The summed E-state index contributed by atoms with van der Waals surface area (Å²) in [6, 6.07) is 16.1. The van der Waals surface area contributed by atoms with Crippen molar-refractivity contribution in [3.05, 3.63) is 59.7 Å². The first kappa shape index (κ1) is 17.9. The van der Waals surface area contributed by atoms with E-state index in [2.05, 4.69) is 12.1 Å². The smallest absolute Gasteiger partial charge is 0.227 e. The predicted molar refractivity (Wildman–Crippen MR) is 102 cm³/mol. The Labute approximate surface area is 159 Å². The van der Waals surface area contributed by atoms with Gasteiger partial charge >= 0.3 is 0 Å². The molecule has 2 fully saturated rings. The molecule has 1 atom stereocenters. The van der Waals surface area contributed by atoms with E-state index in [0.717, 1.165) is 29.0 Å². The number of amides is 1. The van der Waals surface area contributed by atoms with Gasteiger partial charge in [-0.15, -0.1) is 0 Å². The molecule has 0 N–H and O–H groups in total. The fourth-order valence-electron chi connectivity index (χ4n) is 4.17. The van der Waals surface area contributed by atoms with Crippen LogP contribution in [0.4, 0.5) is 0 Å². The third-order valence-electron chi connectivity index (χ3n) is 5.75. The molecule has 5 heteroatoms. The van der Waals surface area contributed by atoms with Gasteiger partial charge in [-0.25, -0.2) is 0 Å². The molecule has 1 aliphatic carbocycles. The number of nitrogens with zero attached hydrogens (tertiary/aromatic N) is 1. The highest BCUT2D eigenvalue weighted by molar-refractivity contribution is 5.86. The summed E-state index contributed by atoms with van der Waals surface area (Å²) in [6.45, 7) is 2.57. The lowest BCUT2D eigenvalue weighted by Gasteiger charge is -2.28. The van der Waals surface area contributed by atoms with Crippen LogP contribution in [0.1, 0.15) is 17.5 Å². The van der Waals surface area contributed by atoms with Crippen LogP contribution >= 0.6 is 0 Å². The van der Waals surface area contributed by atoms with Gasteiger partial charge in [0.2, 0.25) is 5.91 Å². The van der Waals surface area contributed by atoms with Crippen LogP contribution in [0.3, 0.4) is 0 Å². The maximum Gasteiger partial charge on any atom is 0.227 e. The Morgan fingerprint density at radius 1 is 1.00 bits per heavy atom. The Morgan fingerprint density at radius 3 is 2.07 bits per heavy atom. The van der Waals surface area contributed by atoms with E-state index in [0.29, 0.717) is 26.3 Å². The second kappa shape index (κ2) is 7.24. The molecule has 27 heavy (non-hydrogen) atoms. The van der Waals surface area contributed by atoms with Gasteiger partial charge in [0.15, 0.2) is 0 Å². The molecule has 0 spiro atoms. The monoisotopic (exact) mass is 367 g/mol. The van der Waals surface area contributed by atoms with Gasteiger partial charge in [0.1, 0.15) is 11.5 Å². The fraction of sp³-hybridized carbons (Fsp3) is 0.409. The van der Waals surface area contributed by atoms with Crippen molar-refractivity contribution in [2.75, 3.05) is 40.5 Å². The van der Waals surface area contributed by atoms with Crippen LogP contribution in [-0.4, -0.2) is 51.3 Å².